The summed E-state index contributed by atoms with van der Waals surface area (Å²) in [6, 6.07) is 4.83. The second kappa shape index (κ2) is 11.3. The summed E-state index contributed by atoms with van der Waals surface area (Å²) in [7, 11) is 1.95. The minimum absolute atomic E-state index is 0. The molecule has 2 aromatic rings. The highest BCUT2D eigenvalue weighted by Crippen LogP contribution is 2.26. The van der Waals surface area contributed by atoms with Crippen LogP contribution in [0.25, 0.3) is 0 Å². The van der Waals surface area contributed by atoms with E-state index >= 15 is 0 Å². The Morgan fingerprint density at radius 2 is 2.06 bits per heavy atom. The zero-order valence-electron chi connectivity index (χ0n) is 18.1. The predicted octanol–water partition coefficient (Wildman–Crippen LogP) is 2.88. The number of amides is 1. The fourth-order valence-electron chi connectivity index (χ4n) is 3.77. The molecular weight excluding hydrogens is 525 g/mol. The zero-order chi connectivity index (χ0) is 20.9. The van der Waals surface area contributed by atoms with Gasteiger partial charge in [0.15, 0.2) is 11.8 Å². The number of thiophene rings is 1. The molecule has 2 aromatic heterocycles. The molecule has 0 saturated heterocycles. The van der Waals surface area contributed by atoms with E-state index in [9.17, 15) is 4.79 Å². The molecule has 2 aliphatic carbocycles. The fraction of sp³-hybridized carbons (Fsp3) is 0.619. The van der Waals surface area contributed by atoms with Gasteiger partial charge in [0, 0.05) is 29.9 Å². The van der Waals surface area contributed by atoms with E-state index in [1.807, 2.05) is 18.5 Å². The number of carbonyl (C=O) groups excluding carboxylic acids is 1. The number of nitrogens with one attached hydrogen (secondary N) is 3. The minimum Gasteiger partial charge on any atom is -0.354 e. The molecule has 1 amide bonds. The Bertz CT molecular complexity index is 878. The van der Waals surface area contributed by atoms with Crippen LogP contribution in [0.1, 0.15) is 55.1 Å². The van der Waals surface area contributed by atoms with E-state index in [1.165, 1.54) is 4.88 Å². The monoisotopic (exact) mass is 557 g/mol. The lowest BCUT2D eigenvalue weighted by atomic mass is 9.85. The topological polar surface area (TPSA) is 96.2 Å². The molecule has 2 fully saturated rings. The first-order valence-electron chi connectivity index (χ1n) is 10.8. The van der Waals surface area contributed by atoms with Gasteiger partial charge in [-0.15, -0.1) is 45.5 Å². The molecule has 31 heavy (non-hydrogen) atoms. The molecule has 2 aliphatic rings. The van der Waals surface area contributed by atoms with Gasteiger partial charge in [-0.2, -0.15) is 0 Å². The average Bonchev–Trinajstić information content (AvgIpc) is 3.29. The first-order chi connectivity index (χ1) is 14.6. The summed E-state index contributed by atoms with van der Waals surface area (Å²) in [5, 5.41) is 20.6. The number of nitrogens with zero attached hydrogens (tertiary/aromatic N) is 4. The molecule has 3 N–H and O–H groups in total. The molecular formula is C21H32IN7OS. The number of aryl methyl sites for hydroxylation is 1. The van der Waals surface area contributed by atoms with Gasteiger partial charge < -0.3 is 20.5 Å². The van der Waals surface area contributed by atoms with Gasteiger partial charge >= 0.3 is 0 Å². The maximum atomic E-state index is 12.5. The van der Waals surface area contributed by atoms with E-state index in [0.717, 1.165) is 62.7 Å². The van der Waals surface area contributed by atoms with Gasteiger partial charge in [0.1, 0.15) is 12.4 Å². The lowest BCUT2D eigenvalue weighted by molar-refractivity contribution is -0.126. The van der Waals surface area contributed by atoms with Crippen molar-refractivity contribution in [3.05, 3.63) is 34.0 Å². The summed E-state index contributed by atoms with van der Waals surface area (Å²) >= 11 is 1.72. The van der Waals surface area contributed by atoms with Gasteiger partial charge in [0.2, 0.25) is 5.91 Å². The van der Waals surface area contributed by atoms with Crippen molar-refractivity contribution >= 4 is 47.2 Å². The average molecular weight is 558 g/mol. The predicted molar refractivity (Wildman–Crippen MR) is 133 cm³/mol. The standard InChI is InChI=1S/C21H31N7OS.HI/c1-14-26-27-19(28(14)2)13-23-21(22-12-18-7-4-10-30-18)25-17-6-3-5-15(11-17)20(29)24-16-8-9-16;/h4,7,10,15-17H,3,5-6,8-9,11-13H2,1-2H3,(H,24,29)(H2,22,23,25);1H. The Morgan fingerprint density at radius 1 is 1.23 bits per heavy atom. The summed E-state index contributed by atoms with van der Waals surface area (Å²) in [4.78, 5) is 18.5. The lowest BCUT2D eigenvalue weighted by Crippen LogP contribution is -2.47. The first-order valence-corrected chi connectivity index (χ1v) is 11.7. The molecule has 0 radical (unpaired) electrons. The quantitative estimate of drug-likeness (QED) is 0.277. The maximum Gasteiger partial charge on any atom is 0.223 e. The van der Waals surface area contributed by atoms with Crippen molar-refractivity contribution < 1.29 is 4.79 Å². The van der Waals surface area contributed by atoms with E-state index in [2.05, 4.69) is 43.7 Å². The van der Waals surface area contributed by atoms with Crippen molar-refractivity contribution in [3.8, 4) is 0 Å². The molecule has 2 atom stereocenters. The van der Waals surface area contributed by atoms with E-state index in [-0.39, 0.29) is 41.8 Å². The van der Waals surface area contributed by atoms with Crippen LogP contribution in [0.3, 0.4) is 0 Å². The largest absolute Gasteiger partial charge is 0.354 e. The highest BCUT2D eigenvalue weighted by atomic mass is 127. The van der Waals surface area contributed by atoms with Crippen molar-refractivity contribution in [1.29, 1.82) is 0 Å². The molecule has 8 nitrogen and oxygen atoms in total. The highest BCUT2D eigenvalue weighted by Gasteiger charge is 2.31. The summed E-state index contributed by atoms with van der Waals surface area (Å²) in [6.07, 6.45) is 6.19. The summed E-state index contributed by atoms with van der Waals surface area (Å²) in [5.41, 5.74) is 0. The van der Waals surface area contributed by atoms with Crippen molar-refractivity contribution in [2.24, 2.45) is 18.0 Å². The number of hydrogen-bond donors (Lipinski definition) is 3. The van der Waals surface area contributed by atoms with E-state index in [0.29, 0.717) is 12.6 Å². The Hall–Kier alpha value is -1.69. The molecule has 4 rings (SSSR count). The molecule has 10 heteroatoms. The number of aromatic nitrogens is 3. The van der Waals surface area contributed by atoms with Gasteiger partial charge in [0.05, 0.1) is 6.54 Å². The van der Waals surface area contributed by atoms with Crippen LogP contribution in [0.15, 0.2) is 22.5 Å². The van der Waals surface area contributed by atoms with Crippen molar-refractivity contribution in [1.82, 2.24) is 30.7 Å². The molecule has 170 valence electrons. The van der Waals surface area contributed by atoms with Crippen LogP contribution in [0.5, 0.6) is 0 Å². The highest BCUT2D eigenvalue weighted by molar-refractivity contribution is 14.0. The number of hydrogen-bond acceptors (Lipinski definition) is 5. The van der Waals surface area contributed by atoms with Crippen molar-refractivity contribution in [2.75, 3.05) is 0 Å². The van der Waals surface area contributed by atoms with Gasteiger partial charge in [-0.3, -0.25) is 4.79 Å². The maximum absolute atomic E-state index is 12.5. The van der Waals surface area contributed by atoms with Gasteiger partial charge in [-0.1, -0.05) is 12.5 Å². The molecule has 2 saturated carbocycles. The van der Waals surface area contributed by atoms with Crippen LogP contribution in [0.2, 0.25) is 0 Å². The second-order valence-electron chi connectivity index (χ2n) is 8.31. The first kappa shape index (κ1) is 24.0. The van der Waals surface area contributed by atoms with Crippen LogP contribution < -0.4 is 16.0 Å². The van der Waals surface area contributed by atoms with E-state index in [4.69, 9.17) is 4.99 Å². The smallest absolute Gasteiger partial charge is 0.223 e. The molecule has 2 heterocycles. The van der Waals surface area contributed by atoms with Crippen LogP contribution in [-0.4, -0.2) is 38.7 Å². The number of aliphatic imine (C=N–C) groups is 1. The molecule has 0 aromatic carbocycles. The summed E-state index contributed by atoms with van der Waals surface area (Å²) in [6.45, 7) is 3.11. The second-order valence-corrected chi connectivity index (χ2v) is 9.34. The molecule has 0 bridgehead atoms. The van der Waals surface area contributed by atoms with Crippen molar-refractivity contribution in [3.63, 3.8) is 0 Å². The van der Waals surface area contributed by atoms with Gasteiger partial charge in [-0.25, -0.2) is 4.99 Å². The number of halogens is 1. The molecule has 2 unspecified atom stereocenters. The molecule has 0 aliphatic heterocycles. The third kappa shape index (κ3) is 6.90. The Labute approximate surface area is 204 Å². The third-order valence-electron chi connectivity index (χ3n) is 5.88. The molecule has 0 spiro atoms. The van der Waals surface area contributed by atoms with Gasteiger partial charge in [0.25, 0.3) is 0 Å². The van der Waals surface area contributed by atoms with Crippen LogP contribution >= 0.6 is 35.3 Å². The zero-order valence-corrected chi connectivity index (χ0v) is 21.3. The fourth-order valence-corrected chi connectivity index (χ4v) is 4.42. The Morgan fingerprint density at radius 3 is 2.74 bits per heavy atom. The normalized spacial score (nSPS) is 21.3. The van der Waals surface area contributed by atoms with E-state index in [1.54, 1.807) is 11.3 Å². The number of carbonyl (C=O) groups is 1. The number of rotatable bonds is 7. The number of guanidine groups is 1. The summed E-state index contributed by atoms with van der Waals surface area (Å²) < 4.78 is 1.96. The van der Waals surface area contributed by atoms with Gasteiger partial charge in [-0.05, 0) is 50.5 Å². The Kier molecular flexibility index (Phi) is 8.70. The minimum atomic E-state index is 0. The van der Waals surface area contributed by atoms with Crippen LogP contribution in [-0.2, 0) is 24.9 Å². The third-order valence-corrected chi connectivity index (χ3v) is 6.76. The van der Waals surface area contributed by atoms with E-state index < -0.39 is 0 Å². The SMILES string of the molecule is Cc1nnc(CN=C(NCc2cccs2)NC2CCCC(C(=O)NC3CC3)C2)n1C.I. The van der Waals surface area contributed by atoms with Crippen molar-refractivity contribution in [2.45, 2.75) is 70.6 Å². The van der Waals surface area contributed by atoms with Crippen LogP contribution in [0.4, 0.5) is 0 Å². The summed E-state index contributed by atoms with van der Waals surface area (Å²) in [5.74, 6) is 2.78. The van der Waals surface area contributed by atoms with Crippen LogP contribution in [0, 0.1) is 12.8 Å². The Balaban J connectivity index is 0.00000272. The lowest BCUT2D eigenvalue weighted by Gasteiger charge is -2.30.